The Labute approximate surface area is 117 Å². The molecule has 1 saturated carbocycles. The summed E-state index contributed by atoms with van der Waals surface area (Å²) in [5, 5.41) is 3.37. The van der Waals surface area contributed by atoms with Gasteiger partial charge in [0.1, 0.15) is 5.54 Å². The third-order valence-electron chi connectivity index (χ3n) is 3.58. The smallest absolute Gasteiger partial charge is 0.327 e. The Hall–Kier alpha value is -0.610. The summed E-state index contributed by atoms with van der Waals surface area (Å²) in [6.07, 6.45) is 3.54. The van der Waals surface area contributed by atoms with Crippen LogP contribution in [0.2, 0.25) is 0 Å². The lowest BCUT2D eigenvalue weighted by Gasteiger charge is -2.35. The van der Waals surface area contributed by atoms with E-state index in [2.05, 4.69) is 31.0 Å². The first-order valence-electron chi connectivity index (χ1n) is 7.50. The summed E-state index contributed by atoms with van der Waals surface area (Å²) >= 11 is 0. The zero-order chi connectivity index (χ0) is 14.5. The van der Waals surface area contributed by atoms with E-state index in [1.165, 1.54) is 20.0 Å². The molecule has 0 spiro atoms. The van der Waals surface area contributed by atoms with Crippen LogP contribution < -0.4 is 5.32 Å². The van der Waals surface area contributed by atoms with Gasteiger partial charge in [-0.1, -0.05) is 20.8 Å². The highest BCUT2D eigenvalue weighted by Gasteiger charge is 2.40. The molecule has 1 atom stereocenters. The summed E-state index contributed by atoms with van der Waals surface area (Å²) in [7, 11) is 1.47. The summed E-state index contributed by atoms with van der Waals surface area (Å²) in [6, 6.07) is 0.662. The molecule has 4 nitrogen and oxygen atoms in total. The van der Waals surface area contributed by atoms with Crippen LogP contribution in [-0.2, 0) is 9.53 Å². The molecule has 112 valence electrons. The molecule has 4 heteroatoms. The first-order valence-corrected chi connectivity index (χ1v) is 7.50. The highest BCUT2D eigenvalue weighted by atomic mass is 16.5. The van der Waals surface area contributed by atoms with Gasteiger partial charge in [-0.15, -0.1) is 0 Å². The van der Waals surface area contributed by atoms with E-state index in [1.807, 2.05) is 6.92 Å². The first-order chi connectivity index (χ1) is 8.92. The van der Waals surface area contributed by atoms with E-state index >= 15 is 0 Å². The molecule has 1 rings (SSSR count). The molecule has 1 fully saturated rings. The Bertz CT molecular complexity index is 290. The van der Waals surface area contributed by atoms with Crippen LogP contribution in [-0.4, -0.2) is 49.2 Å². The fourth-order valence-corrected chi connectivity index (χ4v) is 2.48. The molecule has 1 N–H and O–H groups in total. The van der Waals surface area contributed by atoms with Gasteiger partial charge in [-0.3, -0.25) is 9.69 Å². The minimum atomic E-state index is -0.595. The van der Waals surface area contributed by atoms with Crippen molar-refractivity contribution in [1.29, 1.82) is 0 Å². The first kappa shape index (κ1) is 16.4. The maximum Gasteiger partial charge on any atom is 0.327 e. The predicted octanol–water partition coefficient (Wildman–Crippen LogP) is 2.04. The molecule has 0 heterocycles. The molecule has 0 aromatic rings. The van der Waals surface area contributed by atoms with Crippen LogP contribution in [0.4, 0.5) is 0 Å². The van der Waals surface area contributed by atoms with E-state index in [4.69, 9.17) is 4.74 Å². The molecule has 1 aliphatic carbocycles. The van der Waals surface area contributed by atoms with Crippen molar-refractivity contribution >= 4 is 5.97 Å². The largest absolute Gasteiger partial charge is 0.468 e. The third kappa shape index (κ3) is 5.11. The second-order valence-corrected chi connectivity index (χ2v) is 6.30. The molecule has 0 radical (unpaired) electrons. The minimum Gasteiger partial charge on any atom is -0.468 e. The number of hydrogen-bond acceptors (Lipinski definition) is 4. The Morgan fingerprint density at radius 3 is 2.53 bits per heavy atom. The lowest BCUT2D eigenvalue weighted by Crippen LogP contribution is -2.58. The summed E-state index contributed by atoms with van der Waals surface area (Å²) < 4.78 is 4.99. The van der Waals surface area contributed by atoms with Crippen molar-refractivity contribution in [3.63, 3.8) is 0 Å². The molecule has 0 bridgehead atoms. The average Bonchev–Trinajstić information content (AvgIpc) is 3.18. The van der Waals surface area contributed by atoms with E-state index in [0.29, 0.717) is 12.0 Å². The predicted molar refractivity (Wildman–Crippen MR) is 78.1 cm³/mol. The lowest BCUT2D eigenvalue weighted by molar-refractivity contribution is -0.149. The van der Waals surface area contributed by atoms with Crippen molar-refractivity contribution in [2.75, 3.05) is 26.7 Å². The average molecular weight is 270 g/mol. The van der Waals surface area contributed by atoms with E-state index in [0.717, 1.165) is 26.1 Å². The topological polar surface area (TPSA) is 41.6 Å². The highest BCUT2D eigenvalue weighted by Crippen LogP contribution is 2.29. The van der Waals surface area contributed by atoms with E-state index < -0.39 is 5.54 Å². The fourth-order valence-electron chi connectivity index (χ4n) is 2.48. The van der Waals surface area contributed by atoms with Crippen molar-refractivity contribution in [1.82, 2.24) is 10.2 Å². The highest BCUT2D eigenvalue weighted by molar-refractivity contribution is 5.80. The second-order valence-electron chi connectivity index (χ2n) is 6.30. The van der Waals surface area contributed by atoms with Gasteiger partial charge in [0.2, 0.25) is 0 Å². The van der Waals surface area contributed by atoms with Crippen molar-refractivity contribution in [2.45, 2.75) is 58.5 Å². The Morgan fingerprint density at radius 1 is 1.47 bits per heavy atom. The summed E-state index contributed by atoms with van der Waals surface area (Å²) in [5.41, 5.74) is -0.595. The molecule has 0 aromatic heterocycles. The number of nitrogens with one attached hydrogen (secondary N) is 1. The molecule has 1 unspecified atom stereocenters. The van der Waals surface area contributed by atoms with Crippen molar-refractivity contribution in [2.24, 2.45) is 5.92 Å². The van der Waals surface area contributed by atoms with Crippen LogP contribution in [0, 0.1) is 5.92 Å². The normalized spacial score (nSPS) is 18.7. The summed E-state index contributed by atoms with van der Waals surface area (Å²) in [4.78, 5) is 14.5. The van der Waals surface area contributed by atoms with E-state index in [1.54, 1.807) is 0 Å². The fraction of sp³-hybridized carbons (Fsp3) is 0.933. The number of carbonyl (C=O) groups excluding carboxylic acids is 1. The van der Waals surface area contributed by atoms with Gasteiger partial charge in [-0.05, 0) is 38.6 Å². The zero-order valence-corrected chi connectivity index (χ0v) is 13.2. The van der Waals surface area contributed by atoms with Gasteiger partial charge in [0.05, 0.1) is 7.11 Å². The van der Waals surface area contributed by atoms with E-state index in [-0.39, 0.29) is 5.97 Å². The zero-order valence-electron chi connectivity index (χ0n) is 13.2. The van der Waals surface area contributed by atoms with Gasteiger partial charge in [0, 0.05) is 19.1 Å². The number of rotatable bonds is 9. The Morgan fingerprint density at radius 2 is 2.11 bits per heavy atom. The third-order valence-corrected chi connectivity index (χ3v) is 3.58. The standard InChI is InChI=1S/C15H30N2O2/c1-6-9-16-15(4,14(18)19-5)11-17(10-12(2)3)13-7-8-13/h12-13,16H,6-11H2,1-5H3. The van der Waals surface area contributed by atoms with Crippen LogP contribution in [0.15, 0.2) is 0 Å². The molecule has 19 heavy (non-hydrogen) atoms. The summed E-state index contributed by atoms with van der Waals surface area (Å²) in [6.45, 7) is 11.1. The van der Waals surface area contributed by atoms with Gasteiger partial charge in [-0.2, -0.15) is 0 Å². The van der Waals surface area contributed by atoms with E-state index in [9.17, 15) is 4.79 Å². The van der Waals surface area contributed by atoms with Crippen molar-refractivity contribution in [3.8, 4) is 0 Å². The van der Waals surface area contributed by atoms with Crippen LogP contribution in [0.25, 0.3) is 0 Å². The minimum absolute atomic E-state index is 0.157. The number of hydrogen-bond donors (Lipinski definition) is 1. The maximum absolute atomic E-state index is 12.1. The molecular weight excluding hydrogens is 240 g/mol. The molecule has 0 amide bonds. The number of nitrogens with zero attached hydrogens (tertiary/aromatic N) is 1. The Balaban J connectivity index is 2.69. The molecular formula is C15H30N2O2. The van der Waals surface area contributed by atoms with Crippen LogP contribution in [0.5, 0.6) is 0 Å². The number of esters is 1. The monoisotopic (exact) mass is 270 g/mol. The van der Waals surface area contributed by atoms with Crippen molar-refractivity contribution in [3.05, 3.63) is 0 Å². The van der Waals surface area contributed by atoms with Gasteiger partial charge < -0.3 is 10.1 Å². The molecule has 0 aliphatic heterocycles. The summed E-state index contributed by atoms with van der Waals surface area (Å²) in [5.74, 6) is 0.462. The van der Waals surface area contributed by atoms with Gasteiger partial charge in [-0.25, -0.2) is 0 Å². The molecule has 0 aromatic carbocycles. The molecule has 0 saturated heterocycles. The van der Waals surface area contributed by atoms with Gasteiger partial charge in [0.15, 0.2) is 0 Å². The SMILES string of the molecule is CCCNC(C)(CN(CC(C)C)C1CC1)C(=O)OC. The van der Waals surface area contributed by atoms with Crippen LogP contribution >= 0.6 is 0 Å². The number of ether oxygens (including phenoxy) is 1. The lowest BCUT2D eigenvalue weighted by atomic mass is 10.0. The number of carbonyl (C=O) groups is 1. The quantitative estimate of drug-likeness (QED) is 0.651. The number of methoxy groups -OCH3 is 1. The van der Waals surface area contributed by atoms with Crippen LogP contribution in [0.1, 0.15) is 47.0 Å². The van der Waals surface area contributed by atoms with Crippen LogP contribution in [0.3, 0.4) is 0 Å². The Kier molecular flexibility index (Phi) is 6.27. The van der Waals surface area contributed by atoms with Crippen molar-refractivity contribution < 1.29 is 9.53 Å². The second kappa shape index (κ2) is 7.25. The maximum atomic E-state index is 12.1. The molecule has 1 aliphatic rings. The van der Waals surface area contributed by atoms with Gasteiger partial charge in [0.25, 0.3) is 0 Å². The van der Waals surface area contributed by atoms with Gasteiger partial charge >= 0.3 is 5.97 Å².